The molecule has 7 nitrogen and oxygen atoms in total. The number of hydrogen-bond donors (Lipinski definition) is 3. The van der Waals surface area contributed by atoms with Crippen LogP contribution in [0.2, 0.25) is 5.02 Å². The van der Waals surface area contributed by atoms with Crippen LogP contribution in [0.4, 0.5) is 11.6 Å². The molecule has 0 radical (unpaired) electrons. The van der Waals surface area contributed by atoms with E-state index in [2.05, 4.69) is 34.1 Å². The average molecular weight is 483 g/mol. The predicted molar refractivity (Wildman–Crippen MR) is 131 cm³/mol. The van der Waals surface area contributed by atoms with Gasteiger partial charge in [0.15, 0.2) is 5.82 Å². The van der Waals surface area contributed by atoms with E-state index in [0.717, 1.165) is 43.1 Å². The van der Waals surface area contributed by atoms with Crippen LogP contribution in [-0.2, 0) is 6.42 Å². The van der Waals surface area contributed by atoms with Crippen molar-refractivity contribution < 1.29 is 5.11 Å². The third-order valence-electron chi connectivity index (χ3n) is 6.90. The van der Waals surface area contributed by atoms with Crippen molar-refractivity contribution in [3.63, 3.8) is 0 Å². The molecule has 3 aromatic rings. The summed E-state index contributed by atoms with van der Waals surface area (Å²) in [5, 5.41) is 11.5. The molecule has 1 aliphatic heterocycles. The number of aliphatic hydroxyl groups is 1. The fraction of sp³-hybridized carbons (Fsp3) is 0.375. The highest BCUT2D eigenvalue weighted by Gasteiger charge is 2.46. The van der Waals surface area contributed by atoms with E-state index >= 15 is 0 Å². The van der Waals surface area contributed by atoms with Gasteiger partial charge in [-0.25, -0.2) is 15.0 Å². The lowest BCUT2D eigenvalue weighted by Gasteiger charge is -2.43. The summed E-state index contributed by atoms with van der Waals surface area (Å²) < 4.78 is 0. The number of hydrogen-bond acceptors (Lipinski definition) is 8. The Hall–Kier alpha value is -2.39. The van der Waals surface area contributed by atoms with Gasteiger partial charge in [-0.15, -0.1) is 0 Å². The van der Waals surface area contributed by atoms with E-state index in [1.807, 2.05) is 0 Å². The fourth-order valence-corrected chi connectivity index (χ4v) is 6.08. The number of aliphatic hydroxyl groups excluding tert-OH is 1. The van der Waals surface area contributed by atoms with E-state index in [9.17, 15) is 5.11 Å². The molecule has 0 saturated carbocycles. The zero-order valence-corrected chi connectivity index (χ0v) is 20.0. The first kappa shape index (κ1) is 22.4. The minimum Gasteiger partial charge on any atom is -0.387 e. The molecule has 2 aliphatic rings. The van der Waals surface area contributed by atoms with E-state index in [4.69, 9.17) is 33.0 Å². The number of benzene rings is 1. The van der Waals surface area contributed by atoms with Crippen molar-refractivity contribution in [3.05, 3.63) is 64.6 Å². The monoisotopic (exact) mass is 482 g/mol. The van der Waals surface area contributed by atoms with Crippen LogP contribution in [0.15, 0.2) is 52.6 Å². The summed E-state index contributed by atoms with van der Waals surface area (Å²) in [7, 11) is 0. The van der Waals surface area contributed by atoms with Gasteiger partial charge in [0.05, 0.1) is 17.3 Å². The molecule has 2 aromatic heterocycles. The third-order valence-corrected chi connectivity index (χ3v) is 8.37. The SMILES string of the molecule is CC(O)c1nc(Sc2ccnc(N)c2Cl)cnc1N1CCC2(CC1)Cc1ccccc1[C@H]2N. The smallest absolute Gasteiger partial charge is 0.153 e. The molecule has 1 saturated heterocycles. The van der Waals surface area contributed by atoms with E-state index in [1.165, 1.54) is 22.9 Å². The number of piperidine rings is 1. The minimum absolute atomic E-state index is 0.0643. The highest BCUT2D eigenvalue weighted by Crippen LogP contribution is 2.51. The van der Waals surface area contributed by atoms with Crippen LogP contribution >= 0.6 is 23.4 Å². The number of aromatic nitrogens is 3. The lowest BCUT2D eigenvalue weighted by Crippen LogP contribution is -2.45. The summed E-state index contributed by atoms with van der Waals surface area (Å²) in [4.78, 5) is 16.4. The van der Waals surface area contributed by atoms with Gasteiger partial charge in [-0.3, -0.25) is 0 Å². The van der Waals surface area contributed by atoms with Crippen molar-refractivity contribution in [3.8, 4) is 0 Å². The summed E-state index contributed by atoms with van der Waals surface area (Å²) in [6, 6.07) is 10.4. The molecule has 1 fully saturated rings. The first-order chi connectivity index (χ1) is 15.9. The number of fused-ring (bicyclic) bond motifs is 1. The Balaban J connectivity index is 1.35. The maximum atomic E-state index is 10.5. The summed E-state index contributed by atoms with van der Waals surface area (Å²) in [5.41, 5.74) is 15.8. The molecule has 3 heterocycles. The Morgan fingerprint density at radius 1 is 1.21 bits per heavy atom. The molecule has 5 rings (SSSR count). The third kappa shape index (κ3) is 4.05. The van der Waals surface area contributed by atoms with Gasteiger partial charge in [-0.2, -0.15) is 0 Å². The zero-order chi connectivity index (χ0) is 23.2. The first-order valence-corrected chi connectivity index (χ1v) is 12.3. The number of nitrogen functional groups attached to an aromatic ring is 1. The second-order valence-corrected chi connectivity index (χ2v) is 10.3. The second-order valence-electron chi connectivity index (χ2n) is 8.91. The van der Waals surface area contributed by atoms with Gasteiger partial charge in [0, 0.05) is 30.2 Å². The standard InChI is InChI=1S/C24H27ClN6OS/c1-14(32)20-23(29-13-18(30-20)33-17-6-9-28-22(27)19(17)25)31-10-7-24(8-11-31)12-15-4-2-3-5-16(15)21(24)26/h2-6,9,13-14,21,32H,7-8,10-12,26H2,1H3,(H2,27,28)/t14?,21-/m1/s1. The van der Waals surface area contributed by atoms with Crippen molar-refractivity contribution in [2.45, 2.75) is 48.3 Å². The van der Waals surface area contributed by atoms with Gasteiger partial charge in [-0.05, 0) is 48.8 Å². The Kier molecular flexibility index (Phi) is 5.95. The predicted octanol–water partition coefficient (Wildman–Crippen LogP) is 4.15. The summed E-state index contributed by atoms with van der Waals surface area (Å²) in [6.45, 7) is 3.37. The Labute approximate surface area is 202 Å². The molecule has 0 amide bonds. The molecule has 1 aromatic carbocycles. The minimum atomic E-state index is -0.750. The summed E-state index contributed by atoms with van der Waals surface area (Å²) in [5.74, 6) is 1.00. The maximum absolute atomic E-state index is 10.5. The molecule has 33 heavy (non-hydrogen) atoms. The van der Waals surface area contributed by atoms with E-state index in [1.54, 1.807) is 25.4 Å². The molecule has 9 heteroatoms. The topological polar surface area (TPSA) is 114 Å². The van der Waals surface area contributed by atoms with Gasteiger partial charge < -0.3 is 21.5 Å². The van der Waals surface area contributed by atoms with Crippen LogP contribution < -0.4 is 16.4 Å². The number of nitrogens with zero attached hydrogens (tertiary/aromatic N) is 4. The Morgan fingerprint density at radius 3 is 2.70 bits per heavy atom. The van der Waals surface area contributed by atoms with Crippen molar-refractivity contribution in [1.29, 1.82) is 0 Å². The lowest BCUT2D eigenvalue weighted by atomic mass is 9.73. The largest absolute Gasteiger partial charge is 0.387 e. The molecular formula is C24H27ClN6OS. The van der Waals surface area contributed by atoms with E-state index in [0.29, 0.717) is 15.7 Å². The maximum Gasteiger partial charge on any atom is 0.153 e. The van der Waals surface area contributed by atoms with Crippen molar-refractivity contribution in [1.82, 2.24) is 15.0 Å². The number of halogens is 1. The zero-order valence-electron chi connectivity index (χ0n) is 18.4. The van der Waals surface area contributed by atoms with Crippen molar-refractivity contribution in [2.24, 2.45) is 11.1 Å². The van der Waals surface area contributed by atoms with Crippen LogP contribution in [0.5, 0.6) is 0 Å². The van der Waals surface area contributed by atoms with E-state index < -0.39 is 6.10 Å². The molecule has 1 spiro atoms. The molecule has 1 unspecified atom stereocenters. The molecule has 2 atom stereocenters. The second kappa shape index (κ2) is 8.76. The number of anilines is 2. The van der Waals surface area contributed by atoms with Gasteiger partial charge in [0.1, 0.15) is 16.5 Å². The van der Waals surface area contributed by atoms with Crippen LogP contribution in [-0.4, -0.2) is 33.1 Å². The molecule has 1 aliphatic carbocycles. The number of pyridine rings is 1. The highest BCUT2D eigenvalue weighted by atomic mass is 35.5. The normalized spacial score (nSPS) is 20.1. The summed E-state index contributed by atoms with van der Waals surface area (Å²) >= 11 is 7.63. The molecule has 0 bridgehead atoms. The number of nitrogens with two attached hydrogens (primary N) is 2. The molecule has 5 N–H and O–H groups in total. The quantitative estimate of drug-likeness (QED) is 0.508. The van der Waals surface area contributed by atoms with Crippen LogP contribution in [0, 0.1) is 5.41 Å². The first-order valence-electron chi connectivity index (χ1n) is 11.1. The molecular weight excluding hydrogens is 456 g/mol. The average Bonchev–Trinajstić information content (AvgIpc) is 3.09. The van der Waals surface area contributed by atoms with Crippen molar-refractivity contribution >= 4 is 35.0 Å². The van der Waals surface area contributed by atoms with Crippen LogP contribution in [0.25, 0.3) is 0 Å². The van der Waals surface area contributed by atoms with Gasteiger partial charge in [-0.1, -0.05) is 47.6 Å². The Bertz CT molecular complexity index is 1180. The summed E-state index contributed by atoms with van der Waals surface area (Å²) in [6.07, 6.45) is 5.56. The van der Waals surface area contributed by atoms with Gasteiger partial charge in [0.2, 0.25) is 0 Å². The number of rotatable bonds is 4. The lowest BCUT2D eigenvalue weighted by molar-refractivity contribution is 0.182. The fourth-order valence-electron chi connectivity index (χ4n) is 5.06. The van der Waals surface area contributed by atoms with Crippen molar-refractivity contribution in [2.75, 3.05) is 23.7 Å². The van der Waals surface area contributed by atoms with Gasteiger partial charge in [0.25, 0.3) is 0 Å². The van der Waals surface area contributed by atoms with Crippen LogP contribution in [0.1, 0.15) is 48.7 Å². The molecule has 172 valence electrons. The van der Waals surface area contributed by atoms with Gasteiger partial charge >= 0.3 is 0 Å². The Morgan fingerprint density at radius 2 is 1.97 bits per heavy atom. The highest BCUT2D eigenvalue weighted by molar-refractivity contribution is 7.99. The van der Waals surface area contributed by atoms with E-state index in [-0.39, 0.29) is 17.3 Å². The van der Waals surface area contributed by atoms with Crippen LogP contribution in [0.3, 0.4) is 0 Å².